The van der Waals surface area contributed by atoms with E-state index in [9.17, 15) is 9.18 Å². The smallest absolute Gasteiger partial charge is 0.255 e. The average Bonchev–Trinajstić information content (AvgIpc) is 3.24. The minimum Gasteiger partial charge on any atom is -0.463 e. The van der Waals surface area contributed by atoms with Crippen LogP contribution in [0, 0.1) is 5.82 Å². The molecule has 1 saturated heterocycles. The van der Waals surface area contributed by atoms with E-state index in [1.165, 1.54) is 17.9 Å². The number of carbonyl (C=O) groups is 1. The Bertz CT molecular complexity index is 946. The van der Waals surface area contributed by atoms with Gasteiger partial charge in [-0.15, -0.1) is 0 Å². The summed E-state index contributed by atoms with van der Waals surface area (Å²) < 4.78 is 19.5. The fourth-order valence-electron chi connectivity index (χ4n) is 3.84. The average molecular weight is 392 g/mol. The molecule has 0 aliphatic carbocycles. The molecule has 0 spiro atoms. The molecule has 0 atom stereocenters. The number of piperidine rings is 1. The zero-order valence-electron chi connectivity index (χ0n) is 16.3. The predicted octanol–water partition coefficient (Wildman–Crippen LogP) is 4.52. The number of hydrogen-bond acceptors (Lipinski definition) is 3. The third-order valence-electron chi connectivity index (χ3n) is 5.51. The van der Waals surface area contributed by atoms with Gasteiger partial charge in [0, 0.05) is 25.7 Å². The molecular weight excluding hydrogens is 367 g/mol. The van der Waals surface area contributed by atoms with Crippen molar-refractivity contribution in [2.24, 2.45) is 0 Å². The molecule has 2 heterocycles. The first-order valence-electron chi connectivity index (χ1n) is 10.1. The number of rotatable bonds is 6. The highest BCUT2D eigenvalue weighted by Gasteiger charge is 2.24. The lowest BCUT2D eigenvalue weighted by molar-refractivity contribution is 0.0911. The van der Waals surface area contributed by atoms with E-state index in [0.717, 1.165) is 38.9 Å². The maximum Gasteiger partial charge on any atom is 0.255 e. The maximum absolute atomic E-state index is 14.1. The summed E-state index contributed by atoms with van der Waals surface area (Å²) in [6, 6.07) is 18.6. The molecule has 1 aliphatic heterocycles. The minimum absolute atomic E-state index is 0.124. The van der Waals surface area contributed by atoms with E-state index in [2.05, 4.69) is 34.5 Å². The minimum atomic E-state index is -0.400. The molecule has 1 amide bonds. The van der Waals surface area contributed by atoms with E-state index in [0.29, 0.717) is 11.1 Å². The number of benzene rings is 2. The van der Waals surface area contributed by atoms with Crippen LogP contribution in [0.3, 0.4) is 0 Å². The van der Waals surface area contributed by atoms with Gasteiger partial charge in [-0.05, 0) is 43.0 Å². The first kappa shape index (κ1) is 19.4. The molecule has 0 saturated carbocycles. The first-order valence-corrected chi connectivity index (χ1v) is 10.1. The van der Waals surface area contributed by atoms with Gasteiger partial charge in [0.15, 0.2) is 0 Å². The second-order valence-electron chi connectivity index (χ2n) is 7.47. The zero-order valence-corrected chi connectivity index (χ0v) is 16.3. The Morgan fingerprint density at radius 2 is 1.76 bits per heavy atom. The van der Waals surface area contributed by atoms with Crippen molar-refractivity contribution in [3.8, 4) is 11.3 Å². The van der Waals surface area contributed by atoms with Crippen molar-refractivity contribution >= 4 is 5.91 Å². The maximum atomic E-state index is 14.1. The lowest BCUT2D eigenvalue weighted by atomic mass is 10.0. The molecule has 1 aromatic heterocycles. The van der Waals surface area contributed by atoms with Crippen molar-refractivity contribution in [1.82, 2.24) is 10.2 Å². The SMILES string of the molecule is O=C(NC1CCN(CCc2ccccc2)CC1)c1ccoc1-c1ccccc1F. The standard InChI is InChI=1S/C24H25FN2O2/c25-22-9-5-4-8-20(22)23-21(13-17-29-23)24(28)26-19-11-15-27(16-12-19)14-10-18-6-2-1-3-7-18/h1-9,13,17,19H,10-12,14-16H2,(H,26,28). The summed E-state index contributed by atoms with van der Waals surface area (Å²) in [7, 11) is 0. The van der Waals surface area contributed by atoms with E-state index in [1.54, 1.807) is 24.3 Å². The van der Waals surface area contributed by atoms with Crippen molar-refractivity contribution in [1.29, 1.82) is 0 Å². The van der Waals surface area contributed by atoms with Crippen LogP contribution < -0.4 is 5.32 Å². The molecule has 0 bridgehead atoms. The first-order chi connectivity index (χ1) is 14.2. The molecule has 1 fully saturated rings. The molecule has 150 valence electrons. The van der Waals surface area contributed by atoms with Crippen molar-refractivity contribution in [3.63, 3.8) is 0 Å². The number of carbonyl (C=O) groups excluding carboxylic acids is 1. The number of likely N-dealkylation sites (tertiary alicyclic amines) is 1. The Labute approximate surface area is 170 Å². The predicted molar refractivity (Wildman–Crippen MR) is 111 cm³/mol. The van der Waals surface area contributed by atoms with Crippen molar-refractivity contribution in [2.45, 2.75) is 25.3 Å². The van der Waals surface area contributed by atoms with Gasteiger partial charge < -0.3 is 14.6 Å². The lowest BCUT2D eigenvalue weighted by Gasteiger charge is -2.32. The molecule has 4 rings (SSSR count). The van der Waals surface area contributed by atoms with Crippen LogP contribution in [-0.2, 0) is 6.42 Å². The third kappa shape index (κ3) is 4.74. The van der Waals surface area contributed by atoms with Gasteiger partial charge in [-0.2, -0.15) is 0 Å². The highest BCUT2D eigenvalue weighted by molar-refractivity contribution is 5.99. The Morgan fingerprint density at radius 1 is 1.03 bits per heavy atom. The van der Waals surface area contributed by atoms with Crippen LogP contribution in [0.5, 0.6) is 0 Å². The summed E-state index contributed by atoms with van der Waals surface area (Å²) in [6.07, 6.45) is 4.29. The monoisotopic (exact) mass is 392 g/mol. The number of furan rings is 1. The van der Waals surface area contributed by atoms with Crippen molar-refractivity contribution in [3.05, 3.63) is 83.9 Å². The van der Waals surface area contributed by atoms with Gasteiger partial charge >= 0.3 is 0 Å². The number of nitrogens with zero attached hydrogens (tertiary/aromatic N) is 1. The second-order valence-corrected chi connectivity index (χ2v) is 7.47. The molecule has 29 heavy (non-hydrogen) atoms. The topological polar surface area (TPSA) is 45.5 Å². The summed E-state index contributed by atoms with van der Waals surface area (Å²) in [6.45, 7) is 2.95. The summed E-state index contributed by atoms with van der Waals surface area (Å²) in [4.78, 5) is 15.2. The van der Waals surface area contributed by atoms with Crippen molar-refractivity contribution < 1.29 is 13.6 Å². The fourth-order valence-corrected chi connectivity index (χ4v) is 3.84. The molecule has 3 aromatic rings. The summed E-state index contributed by atoms with van der Waals surface area (Å²) >= 11 is 0. The van der Waals surface area contributed by atoms with Crippen molar-refractivity contribution in [2.75, 3.05) is 19.6 Å². The van der Waals surface area contributed by atoms with Gasteiger partial charge in [-0.25, -0.2) is 4.39 Å². The van der Waals surface area contributed by atoms with Crippen LogP contribution >= 0.6 is 0 Å². The molecule has 1 aliphatic rings. The second kappa shape index (κ2) is 9.05. The molecule has 1 N–H and O–H groups in total. The van der Waals surface area contributed by atoms with Crippen LogP contribution in [0.4, 0.5) is 4.39 Å². The highest BCUT2D eigenvalue weighted by Crippen LogP contribution is 2.27. The van der Waals surface area contributed by atoms with Gasteiger partial charge in [-0.3, -0.25) is 4.79 Å². The van der Waals surface area contributed by atoms with Crippen LogP contribution in [0.2, 0.25) is 0 Å². The van der Waals surface area contributed by atoms with Gasteiger partial charge in [-0.1, -0.05) is 42.5 Å². The Balaban J connectivity index is 1.31. The molecule has 5 heteroatoms. The summed E-state index contributed by atoms with van der Waals surface area (Å²) in [5, 5.41) is 3.10. The van der Waals surface area contributed by atoms with Crippen LogP contribution in [0.25, 0.3) is 11.3 Å². The van der Waals surface area contributed by atoms with Crippen LogP contribution in [0.1, 0.15) is 28.8 Å². The largest absolute Gasteiger partial charge is 0.463 e. The van der Waals surface area contributed by atoms with Crippen LogP contribution in [0.15, 0.2) is 71.3 Å². The number of hydrogen-bond donors (Lipinski definition) is 1. The van der Waals surface area contributed by atoms with Gasteiger partial charge in [0.05, 0.1) is 17.4 Å². The molecule has 2 aromatic carbocycles. The summed E-state index contributed by atoms with van der Waals surface area (Å²) in [5.41, 5.74) is 2.03. The molecule has 0 radical (unpaired) electrons. The van der Waals surface area contributed by atoms with Gasteiger partial charge in [0.2, 0.25) is 0 Å². The lowest BCUT2D eigenvalue weighted by Crippen LogP contribution is -2.45. The number of amides is 1. The van der Waals surface area contributed by atoms with E-state index < -0.39 is 5.82 Å². The van der Waals surface area contributed by atoms with E-state index in [1.807, 2.05) is 6.07 Å². The van der Waals surface area contributed by atoms with Gasteiger partial charge in [0.25, 0.3) is 5.91 Å². The normalized spacial score (nSPS) is 15.3. The Morgan fingerprint density at radius 3 is 2.52 bits per heavy atom. The molecule has 0 unspecified atom stereocenters. The summed E-state index contributed by atoms with van der Waals surface area (Å²) in [5.74, 6) is -0.330. The third-order valence-corrected chi connectivity index (χ3v) is 5.51. The Kier molecular flexibility index (Phi) is 6.06. The van der Waals surface area contributed by atoms with E-state index in [4.69, 9.17) is 4.42 Å². The van der Waals surface area contributed by atoms with Gasteiger partial charge in [0.1, 0.15) is 11.6 Å². The number of halogens is 1. The highest BCUT2D eigenvalue weighted by atomic mass is 19.1. The van der Waals surface area contributed by atoms with Crippen LogP contribution in [-0.4, -0.2) is 36.5 Å². The number of nitrogens with one attached hydrogen (secondary N) is 1. The quantitative estimate of drug-likeness (QED) is 0.671. The molecular formula is C24H25FN2O2. The Hall–Kier alpha value is -2.92. The van der Waals surface area contributed by atoms with E-state index in [-0.39, 0.29) is 17.7 Å². The van der Waals surface area contributed by atoms with E-state index >= 15 is 0 Å². The zero-order chi connectivity index (χ0) is 20.1. The fraction of sp³-hybridized carbons (Fsp3) is 0.292. The molecule has 4 nitrogen and oxygen atoms in total.